The molecule has 2 aromatic rings. The highest BCUT2D eigenvalue weighted by molar-refractivity contribution is 5.84. The number of carbonyl (C=O) groups is 1. The molecule has 0 aromatic heterocycles. The van der Waals surface area contributed by atoms with Gasteiger partial charge in [-0.3, -0.25) is 9.69 Å². The molecule has 0 N–H and O–H groups in total. The highest BCUT2D eigenvalue weighted by atomic mass is 16.5. The minimum atomic E-state index is -0.0243. The lowest BCUT2D eigenvalue weighted by Crippen LogP contribution is -2.36. The summed E-state index contributed by atoms with van der Waals surface area (Å²) in [5.41, 5.74) is 1.77. The first kappa shape index (κ1) is 25.0. The second kappa shape index (κ2) is 11.1. The lowest BCUT2D eigenvalue weighted by molar-refractivity contribution is -0.149. The summed E-state index contributed by atoms with van der Waals surface area (Å²) in [4.78, 5) is 14.4. The average Bonchev–Trinajstić information content (AvgIpc) is 2.85. The molecule has 1 aliphatic carbocycles. The SMILES string of the molecule is CCOC(=O)C1CCN(Cc2ccc3cc(OC4CCC(C(C)(C)CC)CC4)ccc3c2)CC1. The van der Waals surface area contributed by atoms with Crippen molar-refractivity contribution in [2.24, 2.45) is 17.3 Å². The normalized spacial score (nSPS) is 22.6. The van der Waals surface area contributed by atoms with E-state index in [1.165, 1.54) is 35.6 Å². The average molecular weight is 466 g/mol. The van der Waals surface area contributed by atoms with Crippen LogP contribution in [0, 0.1) is 17.3 Å². The molecule has 0 bridgehead atoms. The highest BCUT2D eigenvalue weighted by Crippen LogP contribution is 2.41. The van der Waals surface area contributed by atoms with Gasteiger partial charge >= 0.3 is 5.97 Å². The summed E-state index contributed by atoms with van der Waals surface area (Å²) in [6.45, 7) is 12.3. The summed E-state index contributed by atoms with van der Waals surface area (Å²) in [7, 11) is 0. The third-order valence-corrected chi connectivity index (χ3v) is 8.48. The zero-order valence-electron chi connectivity index (χ0n) is 21.6. The topological polar surface area (TPSA) is 38.8 Å². The van der Waals surface area contributed by atoms with E-state index in [0.717, 1.165) is 57.0 Å². The quantitative estimate of drug-likeness (QED) is 0.394. The van der Waals surface area contributed by atoms with Crippen LogP contribution in [0.2, 0.25) is 0 Å². The summed E-state index contributed by atoms with van der Waals surface area (Å²) >= 11 is 0. The lowest BCUT2D eigenvalue weighted by Gasteiger charge is -2.38. The molecular formula is C30H43NO3. The summed E-state index contributed by atoms with van der Waals surface area (Å²) in [5.74, 6) is 1.87. The monoisotopic (exact) mass is 465 g/mol. The van der Waals surface area contributed by atoms with Crippen LogP contribution < -0.4 is 4.74 Å². The van der Waals surface area contributed by atoms with Gasteiger partial charge in [0.15, 0.2) is 0 Å². The van der Waals surface area contributed by atoms with E-state index in [9.17, 15) is 4.79 Å². The van der Waals surface area contributed by atoms with E-state index < -0.39 is 0 Å². The van der Waals surface area contributed by atoms with Gasteiger partial charge in [-0.25, -0.2) is 0 Å². The molecule has 4 heteroatoms. The molecule has 0 unspecified atom stereocenters. The van der Waals surface area contributed by atoms with E-state index in [1.54, 1.807) is 0 Å². The van der Waals surface area contributed by atoms with Crippen LogP contribution >= 0.6 is 0 Å². The van der Waals surface area contributed by atoms with Gasteiger partial charge in [-0.15, -0.1) is 0 Å². The van der Waals surface area contributed by atoms with Crippen LogP contribution in [0.3, 0.4) is 0 Å². The smallest absolute Gasteiger partial charge is 0.309 e. The van der Waals surface area contributed by atoms with Crippen molar-refractivity contribution in [2.45, 2.75) is 85.3 Å². The zero-order chi connectivity index (χ0) is 24.1. The van der Waals surface area contributed by atoms with E-state index in [4.69, 9.17) is 9.47 Å². The Bertz CT molecular complexity index is 953. The molecule has 1 aliphatic heterocycles. The van der Waals surface area contributed by atoms with Crippen molar-refractivity contribution in [1.29, 1.82) is 0 Å². The fourth-order valence-corrected chi connectivity index (χ4v) is 5.73. The number of fused-ring (bicyclic) bond motifs is 1. The van der Waals surface area contributed by atoms with Gasteiger partial charge in [0.25, 0.3) is 0 Å². The molecule has 0 amide bonds. The van der Waals surface area contributed by atoms with E-state index in [2.05, 4.69) is 62.1 Å². The van der Waals surface area contributed by atoms with Gasteiger partial charge in [0.1, 0.15) is 5.75 Å². The minimum Gasteiger partial charge on any atom is -0.490 e. The van der Waals surface area contributed by atoms with Crippen molar-refractivity contribution in [3.05, 3.63) is 42.0 Å². The van der Waals surface area contributed by atoms with Gasteiger partial charge in [0.2, 0.25) is 0 Å². The van der Waals surface area contributed by atoms with Crippen molar-refractivity contribution < 1.29 is 14.3 Å². The van der Waals surface area contributed by atoms with Crippen LogP contribution in [-0.2, 0) is 16.1 Å². The molecule has 4 nitrogen and oxygen atoms in total. The Balaban J connectivity index is 1.30. The summed E-state index contributed by atoms with van der Waals surface area (Å²) in [6, 6.07) is 13.3. The third kappa shape index (κ3) is 6.13. The van der Waals surface area contributed by atoms with Gasteiger partial charge in [0.05, 0.1) is 18.6 Å². The second-order valence-corrected chi connectivity index (χ2v) is 11.1. The van der Waals surface area contributed by atoms with Gasteiger partial charge in [-0.2, -0.15) is 0 Å². The van der Waals surface area contributed by atoms with E-state index in [0.29, 0.717) is 18.1 Å². The van der Waals surface area contributed by atoms with Crippen LogP contribution in [-0.4, -0.2) is 36.7 Å². The fourth-order valence-electron chi connectivity index (χ4n) is 5.73. The molecule has 2 aliphatic rings. The molecule has 2 fully saturated rings. The number of likely N-dealkylation sites (tertiary alicyclic amines) is 1. The first-order valence-corrected chi connectivity index (χ1v) is 13.5. The number of benzene rings is 2. The number of rotatable bonds is 8. The molecule has 1 saturated heterocycles. The highest BCUT2D eigenvalue weighted by Gasteiger charge is 2.32. The van der Waals surface area contributed by atoms with Crippen LogP contribution in [0.15, 0.2) is 36.4 Å². The Morgan fingerprint density at radius 2 is 1.62 bits per heavy atom. The molecule has 0 atom stereocenters. The minimum absolute atomic E-state index is 0.0243. The van der Waals surface area contributed by atoms with E-state index >= 15 is 0 Å². The Morgan fingerprint density at radius 3 is 2.29 bits per heavy atom. The predicted molar refractivity (Wildman–Crippen MR) is 139 cm³/mol. The molecule has 2 aromatic carbocycles. The standard InChI is InChI=1S/C30H43NO3/c1-5-30(3,4)26-10-13-27(14-11-26)34-28-12-9-24-19-22(7-8-25(24)20-28)21-31-17-15-23(16-18-31)29(32)33-6-2/h7-9,12,19-20,23,26-27H,5-6,10-11,13-18,21H2,1-4H3. The summed E-state index contributed by atoms with van der Waals surface area (Å²) < 4.78 is 11.6. The zero-order valence-corrected chi connectivity index (χ0v) is 21.6. The Labute approximate surface area is 206 Å². The number of hydrogen-bond acceptors (Lipinski definition) is 4. The number of ether oxygens (including phenoxy) is 2. The van der Waals surface area contributed by atoms with Crippen molar-refractivity contribution in [3.8, 4) is 5.75 Å². The molecule has 0 radical (unpaired) electrons. The van der Waals surface area contributed by atoms with Gasteiger partial charge < -0.3 is 9.47 Å². The van der Waals surface area contributed by atoms with Crippen LogP contribution in [0.1, 0.15) is 78.2 Å². The molecule has 34 heavy (non-hydrogen) atoms. The molecule has 0 spiro atoms. The molecule has 4 rings (SSSR count). The summed E-state index contributed by atoms with van der Waals surface area (Å²) in [5, 5.41) is 2.50. The van der Waals surface area contributed by atoms with Crippen molar-refractivity contribution in [2.75, 3.05) is 19.7 Å². The van der Waals surface area contributed by atoms with Crippen molar-refractivity contribution in [3.63, 3.8) is 0 Å². The Morgan fingerprint density at radius 1 is 0.941 bits per heavy atom. The maximum Gasteiger partial charge on any atom is 0.309 e. The van der Waals surface area contributed by atoms with Crippen molar-refractivity contribution >= 4 is 16.7 Å². The molecule has 186 valence electrons. The predicted octanol–water partition coefficient (Wildman–Crippen LogP) is 6.99. The molecular weight excluding hydrogens is 422 g/mol. The first-order chi connectivity index (χ1) is 16.4. The maximum atomic E-state index is 12.0. The van der Waals surface area contributed by atoms with Crippen LogP contribution in [0.25, 0.3) is 10.8 Å². The number of carbonyl (C=O) groups excluding carboxylic acids is 1. The first-order valence-electron chi connectivity index (χ1n) is 13.5. The van der Waals surface area contributed by atoms with Crippen LogP contribution in [0.5, 0.6) is 5.75 Å². The van der Waals surface area contributed by atoms with Crippen LogP contribution in [0.4, 0.5) is 0 Å². The van der Waals surface area contributed by atoms with Gasteiger partial charge in [0, 0.05) is 6.54 Å². The Hall–Kier alpha value is -2.07. The summed E-state index contributed by atoms with van der Waals surface area (Å²) in [6.07, 6.45) is 8.27. The number of esters is 1. The fraction of sp³-hybridized carbons (Fsp3) is 0.633. The number of piperidine rings is 1. The lowest BCUT2D eigenvalue weighted by atomic mass is 9.69. The van der Waals surface area contributed by atoms with Gasteiger partial charge in [-0.05, 0) is 104 Å². The third-order valence-electron chi connectivity index (χ3n) is 8.48. The second-order valence-electron chi connectivity index (χ2n) is 11.1. The van der Waals surface area contributed by atoms with Gasteiger partial charge in [-0.1, -0.05) is 45.4 Å². The van der Waals surface area contributed by atoms with E-state index in [-0.39, 0.29) is 11.9 Å². The largest absolute Gasteiger partial charge is 0.490 e. The number of nitrogens with zero attached hydrogens (tertiary/aromatic N) is 1. The number of hydrogen-bond donors (Lipinski definition) is 0. The van der Waals surface area contributed by atoms with E-state index in [1.807, 2.05) is 6.92 Å². The molecule has 1 saturated carbocycles. The maximum absolute atomic E-state index is 12.0. The molecule has 1 heterocycles. The van der Waals surface area contributed by atoms with Crippen molar-refractivity contribution in [1.82, 2.24) is 4.90 Å². The Kier molecular flexibility index (Phi) is 8.18.